The number of carbonyl (C=O) groups is 3. The molecule has 8 heteroatoms. The molecule has 0 aliphatic heterocycles. The van der Waals surface area contributed by atoms with Gasteiger partial charge in [-0.25, -0.2) is 18.4 Å². The Kier molecular flexibility index (Phi) is 6.32. The minimum Gasteiger partial charge on any atom is -0.463 e. The highest BCUT2D eigenvalue weighted by molar-refractivity contribution is 6.10. The van der Waals surface area contributed by atoms with Gasteiger partial charge in [0, 0.05) is 6.07 Å². The molecule has 0 aliphatic rings. The molecule has 6 nitrogen and oxygen atoms in total. The third kappa shape index (κ3) is 4.32. The highest BCUT2D eigenvalue weighted by atomic mass is 19.1. The SMILES string of the molecule is CCOC(=O)C(O)(CC(=O)c1ccc(F)cc1F)C(=O)OCC. The standard InChI is InChI=1S/C15H16F2O6/c1-3-22-13(19)15(21,14(20)23-4-2)8-12(18)10-6-5-9(16)7-11(10)17/h5-7,21H,3-4,8H2,1-2H3. The number of Topliss-reactive ketones (excluding diaryl/α,β-unsaturated/α-hetero) is 1. The molecule has 23 heavy (non-hydrogen) atoms. The molecular formula is C15H16F2O6. The Hall–Kier alpha value is -2.35. The number of halogens is 2. The second-order valence-corrected chi connectivity index (χ2v) is 4.53. The molecule has 0 fully saturated rings. The van der Waals surface area contributed by atoms with Gasteiger partial charge in [-0.15, -0.1) is 0 Å². The fraction of sp³-hybridized carbons (Fsp3) is 0.400. The van der Waals surface area contributed by atoms with E-state index in [9.17, 15) is 28.3 Å². The predicted molar refractivity (Wildman–Crippen MR) is 73.5 cm³/mol. The van der Waals surface area contributed by atoms with Crippen molar-refractivity contribution < 1.29 is 37.7 Å². The fourth-order valence-electron chi connectivity index (χ4n) is 1.77. The third-order valence-corrected chi connectivity index (χ3v) is 2.87. The molecule has 0 heterocycles. The van der Waals surface area contributed by atoms with Crippen LogP contribution in [-0.2, 0) is 19.1 Å². The zero-order valence-corrected chi connectivity index (χ0v) is 12.6. The monoisotopic (exact) mass is 330 g/mol. The molecule has 0 spiro atoms. The average Bonchev–Trinajstić information content (AvgIpc) is 2.47. The molecule has 0 unspecified atom stereocenters. The molecule has 0 aliphatic carbocycles. The van der Waals surface area contributed by atoms with E-state index in [2.05, 4.69) is 9.47 Å². The van der Waals surface area contributed by atoms with Crippen molar-refractivity contribution >= 4 is 17.7 Å². The second kappa shape index (κ2) is 7.77. The Balaban J connectivity index is 3.11. The first kappa shape index (κ1) is 18.7. The van der Waals surface area contributed by atoms with Crippen LogP contribution in [0.2, 0.25) is 0 Å². The lowest BCUT2D eigenvalue weighted by Gasteiger charge is -2.22. The van der Waals surface area contributed by atoms with Crippen LogP contribution in [-0.4, -0.2) is 41.6 Å². The second-order valence-electron chi connectivity index (χ2n) is 4.53. The van der Waals surface area contributed by atoms with E-state index in [-0.39, 0.29) is 13.2 Å². The molecule has 0 radical (unpaired) electrons. The van der Waals surface area contributed by atoms with Gasteiger partial charge in [-0.05, 0) is 26.0 Å². The number of esters is 2. The van der Waals surface area contributed by atoms with Crippen molar-refractivity contribution in [2.75, 3.05) is 13.2 Å². The summed E-state index contributed by atoms with van der Waals surface area (Å²) in [5.74, 6) is -5.91. The van der Waals surface area contributed by atoms with Crippen molar-refractivity contribution in [3.8, 4) is 0 Å². The van der Waals surface area contributed by atoms with Gasteiger partial charge in [0.1, 0.15) is 11.6 Å². The normalized spacial score (nSPS) is 11.0. The van der Waals surface area contributed by atoms with E-state index >= 15 is 0 Å². The minimum absolute atomic E-state index is 0.153. The first-order valence-electron chi connectivity index (χ1n) is 6.81. The average molecular weight is 330 g/mol. The number of rotatable bonds is 7. The van der Waals surface area contributed by atoms with Crippen LogP contribution < -0.4 is 0 Å². The van der Waals surface area contributed by atoms with Crippen LogP contribution in [0.3, 0.4) is 0 Å². The van der Waals surface area contributed by atoms with E-state index in [0.29, 0.717) is 6.07 Å². The van der Waals surface area contributed by atoms with Crippen molar-refractivity contribution in [1.82, 2.24) is 0 Å². The van der Waals surface area contributed by atoms with E-state index in [0.717, 1.165) is 12.1 Å². The molecule has 0 saturated carbocycles. The quantitative estimate of drug-likeness (QED) is 0.462. The maximum Gasteiger partial charge on any atom is 0.350 e. The molecule has 1 N–H and O–H groups in total. The van der Waals surface area contributed by atoms with E-state index in [1.165, 1.54) is 13.8 Å². The summed E-state index contributed by atoms with van der Waals surface area (Å²) < 4.78 is 35.6. The van der Waals surface area contributed by atoms with Crippen LogP contribution in [0, 0.1) is 11.6 Å². The van der Waals surface area contributed by atoms with Crippen molar-refractivity contribution in [2.45, 2.75) is 25.9 Å². The Bertz CT molecular complexity index is 596. The van der Waals surface area contributed by atoms with Crippen LogP contribution in [0.4, 0.5) is 8.78 Å². The largest absolute Gasteiger partial charge is 0.463 e. The smallest absolute Gasteiger partial charge is 0.350 e. The van der Waals surface area contributed by atoms with Gasteiger partial charge in [0.05, 0.1) is 25.2 Å². The van der Waals surface area contributed by atoms with E-state index < -0.39 is 46.9 Å². The number of benzene rings is 1. The topological polar surface area (TPSA) is 89.9 Å². The summed E-state index contributed by atoms with van der Waals surface area (Å²) in [4.78, 5) is 35.7. The molecule has 0 amide bonds. The van der Waals surface area contributed by atoms with Crippen LogP contribution >= 0.6 is 0 Å². The van der Waals surface area contributed by atoms with Gasteiger partial charge in [-0.3, -0.25) is 4.79 Å². The molecule has 0 aromatic heterocycles. The van der Waals surface area contributed by atoms with Crippen molar-refractivity contribution in [1.29, 1.82) is 0 Å². The van der Waals surface area contributed by atoms with Gasteiger partial charge in [0.15, 0.2) is 5.78 Å². The zero-order valence-electron chi connectivity index (χ0n) is 12.6. The summed E-state index contributed by atoms with van der Waals surface area (Å²) in [6, 6.07) is 2.16. The summed E-state index contributed by atoms with van der Waals surface area (Å²) in [6.45, 7) is 2.56. The fourth-order valence-corrected chi connectivity index (χ4v) is 1.77. The zero-order chi connectivity index (χ0) is 17.6. The molecule has 1 rings (SSSR count). The molecule has 0 bridgehead atoms. The Labute approximate surface area is 131 Å². The van der Waals surface area contributed by atoms with Crippen molar-refractivity contribution in [2.24, 2.45) is 0 Å². The van der Waals surface area contributed by atoms with Gasteiger partial charge in [-0.2, -0.15) is 0 Å². The highest BCUT2D eigenvalue weighted by Crippen LogP contribution is 2.21. The van der Waals surface area contributed by atoms with E-state index in [4.69, 9.17) is 0 Å². The van der Waals surface area contributed by atoms with E-state index in [1.807, 2.05) is 0 Å². The molecule has 126 valence electrons. The summed E-state index contributed by atoms with van der Waals surface area (Å²) in [7, 11) is 0. The molecule has 0 saturated heterocycles. The maximum atomic E-state index is 13.6. The minimum atomic E-state index is -2.90. The number of ether oxygens (including phenoxy) is 2. The number of carbonyl (C=O) groups excluding carboxylic acids is 3. The van der Waals surface area contributed by atoms with Crippen LogP contribution in [0.15, 0.2) is 18.2 Å². The van der Waals surface area contributed by atoms with Gasteiger partial charge < -0.3 is 14.6 Å². The molecular weight excluding hydrogens is 314 g/mol. The number of hydrogen-bond donors (Lipinski definition) is 1. The molecule has 0 atom stereocenters. The van der Waals surface area contributed by atoms with Gasteiger partial charge >= 0.3 is 11.9 Å². The van der Waals surface area contributed by atoms with Gasteiger partial charge in [-0.1, -0.05) is 0 Å². The summed E-state index contributed by atoms with van der Waals surface area (Å²) in [6.07, 6.45) is -1.09. The first-order chi connectivity index (χ1) is 10.8. The van der Waals surface area contributed by atoms with Crippen LogP contribution in [0.25, 0.3) is 0 Å². The van der Waals surface area contributed by atoms with Gasteiger partial charge in [0.2, 0.25) is 0 Å². The van der Waals surface area contributed by atoms with Crippen molar-refractivity contribution in [3.05, 3.63) is 35.4 Å². The number of hydrogen-bond acceptors (Lipinski definition) is 6. The highest BCUT2D eigenvalue weighted by Gasteiger charge is 2.49. The summed E-state index contributed by atoms with van der Waals surface area (Å²) in [5.41, 5.74) is -3.47. The Morgan fingerprint density at radius 3 is 2.04 bits per heavy atom. The third-order valence-electron chi connectivity index (χ3n) is 2.87. The lowest BCUT2D eigenvalue weighted by molar-refractivity contribution is -0.182. The molecule has 1 aromatic rings. The first-order valence-corrected chi connectivity index (χ1v) is 6.81. The van der Waals surface area contributed by atoms with Crippen LogP contribution in [0.1, 0.15) is 30.6 Å². The van der Waals surface area contributed by atoms with Gasteiger partial charge in [0.25, 0.3) is 5.60 Å². The Morgan fingerprint density at radius 2 is 1.61 bits per heavy atom. The van der Waals surface area contributed by atoms with E-state index in [1.54, 1.807) is 0 Å². The lowest BCUT2D eigenvalue weighted by Crippen LogP contribution is -2.50. The summed E-state index contributed by atoms with van der Waals surface area (Å²) in [5, 5.41) is 10.2. The van der Waals surface area contributed by atoms with Crippen molar-refractivity contribution in [3.63, 3.8) is 0 Å². The lowest BCUT2D eigenvalue weighted by atomic mass is 9.93. The predicted octanol–water partition coefficient (Wildman–Crippen LogP) is 1.39. The maximum absolute atomic E-state index is 13.6. The Morgan fingerprint density at radius 1 is 1.09 bits per heavy atom. The molecule has 1 aromatic carbocycles. The summed E-state index contributed by atoms with van der Waals surface area (Å²) >= 11 is 0. The number of aliphatic hydroxyl groups is 1. The number of ketones is 1. The van der Waals surface area contributed by atoms with Crippen LogP contribution in [0.5, 0.6) is 0 Å².